The number of benzene rings is 1. The molecule has 1 amide bonds. The molecule has 0 atom stereocenters. The van der Waals surface area contributed by atoms with E-state index in [9.17, 15) is 4.79 Å². The molecule has 0 spiro atoms. The molecule has 5 heteroatoms. The summed E-state index contributed by atoms with van der Waals surface area (Å²) in [7, 11) is 2.15. The second-order valence-electron chi connectivity index (χ2n) is 5.73. The molecule has 1 aromatic carbocycles. The second-order valence-corrected chi connectivity index (χ2v) is 5.73. The smallest absolute Gasteiger partial charge is 0.217 e. The van der Waals surface area contributed by atoms with Gasteiger partial charge in [-0.25, -0.2) is 0 Å². The van der Waals surface area contributed by atoms with E-state index in [-0.39, 0.29) is 5.91 Å². The maximum absolute atomic E-state index is 10.9. The number of carbonyl (C=O) groups excluding carboxylic acids is 1. The van der Waals surface area contributed by atoms with Crippen LogP contribution in [0.5, 0.6) is 5.75 Å². The van der Waals surface area contributed by atoms with Crippen LogP contribution in [-0.4, -0.2) is 50.3 Å². The molecule has 0 radical (unpaired) electrons. The Morgan fingerprint density at radius 2 is 2.18 bits per heavy atom. The van der Waals surface area contributed by atoms with Gasteiger partial charge >= 0.3 is 0 Å². The van der Waals surface area contributed by atoms with Gasteiger partial charge in [0.1, 0.15) is 12.4 Å². The van der Waals surface area contributed by atoms with Gasteiger partial charge < -0.3 is 14.8 Å². The lowest BCUT2D eigenvalue weighted by atomic mass is 10.1. The lowest BCUT2D eigenvalue weighted by molar-refractivity contribution is -0.119. The number of rotatable bonds is 7. The molecule has 1 heterocycles. The Hall–Kier alpha value is -1.59. The van der Waals surface area contributed by atoms with Crippen LogP contribution in [0.3, 0.4) is 0 Å². The molecule has 2 rings (SSSR count). The predicted molar refractivity (Wildman–Crippen MR) is 85.9 cm³/mol. The Morgan fingerprint density at radius 1 is 1.41 bits per heavy atom. The Bertz CT molecular complexity index is 473. The van der Waals surface area contributed by atoms with Gasteiger partial charge in [-0.2, -0.15) is 0 Å². The summed E-state index contributed by atoms with van der Waals surface area (Å²) in [5.74, 6) is 0.827. The van der Waals surface area contributed by atoms with E-state index in [2.05, 4.69) is 17.3 Å². The maximum atomic E-state index is 10.9. The average Bonchev–Trinajstić information content (AvgIpc) is 2.54. The summed E-state index contributed by atoms with van der Waals surface area (Å²) in [6.07, 6.45) is 2.20. The summed E-state index contributed by atoms with van der Waals surface area (Å²) in [5, 5.41) is 2.79. The molecule has 0 unspecified atom stereocenters. The molecule has 1 aliphatic heterocycles. The number of amides is 1. The number of hydrogen-bond donors (Lipinski definition) is 1. The molecule has 0 bridgehead atoms. The van der Waals surface area contributed by atoms with Gasteiger partial charge in [0.25, 0.3) is 0 Å². The summed E-state index contributed by atoms with van der Waals surface area (Å²) < 4.78 is 11.2. The monoisotopic (exact) mass is 306 g/mol. The zero-order chi connectivity index (χ0) is 15.8. The summed E-state index contributed by atoms with van der Waals surface area (Å²) in [6, 6.07) is 8.46. The zero-order valence-electron chi connectivity index (χ0n) is 13.5. The minimum absolute atomic E-state index is 0.0237. The van der Waals surface area contributed by atoms with Crippen molar-refractivity contribution in [1.29, 1.82) is 0 Å². The van der Waals surface area contributed by atoms with Gasteiger partial charge in [0.2, 0.25) is 5.91 Å². The third kappa shape index (κ3) is 5.66. The first-order chi connectivity index (χ1) is 10.6. The normalized spacial score (nSPS) is 15.8. The quantitative estimate of drug-likeness (QED) is 0.835. The van der Waals surface area contributed by atoms with Crippen LogP contribution in [0.1, 0.15) is 25.3 Å². The highest BCUT2D eigenvalue weighted by Gasteiger charge is 2.17. The molecule has 1 aromatic rings. The summed E-state index contributed by atoms with van der Waals surface area (Å²) in [6.45, 7) is 5.35. The standard InChI is InChI=1S/C17H26N2O3/c1-14(20)18-13-15-4-3-5-17(12-15)22-11-8-19(2)16-6-9-21-10-7-16/h3-5,12,16H,6-11,13H2,1-2H3,(H,18,20). The molecule has 22 heavy (non-hydrogen) atoms. The lowest BCUT2D eigenvalue weighted by Gasteiger charge is -2.31. The minimum Gasteiger partial charge on any atom is -0.492 e. The van der Waals surface area contributed by atoms with Gasteiger partial charge in [-0.3, -0.25) is 9.69 Å². The average molecular weight is 306 g/mol. The fraction of sp³-hybridized carbons (Fsp3) is 0.588. The van der Waals surface area contributed by atoms with Crippen molar-refractivity contribution >= 4 is 5.91 Å². The molecule has 1 fully saturated rings. The predicted octanol–water partition coefficient (Wildman–Crippen LogP) is 1.81. The Balaban J connectivity index is 1.73. The van der Waals surface area contributed by atoms with Crippen LogP contribution in [0, 0.1) is 0 Å². The Labute approximate surface area is 132 Å². The largest absolute Gasteiger partial charge is 0.492 e. The van der Waals surface area contributed by atoms with E-state index >= 15 is 0 Å². The van der Waals surface area contributed by atoms with Gasteiger partial charge in [-0.05, 0) is 37.6 Å². The van der Waals surface area contributed by atoms with Crippen molar-refractivity contribution in [3.8, 4) is 5.75 Å². The van der Waals surface area contributed by atoms with Gasteiger partial charge in [0, 0.05) is 39.3 Å². The van der Waals surface area contributed by atoms with Crippen LogP contribution in [0.25, 0.3) is 0 Å². The highest BCUT2D eigenvalue weighted by atomic mass is 16.5. The summed E-state index contributed by atoms with van der Waals surface area (Å²) >= 11 is 0. The zero-order valence-corrected chi connectivity index (χ0v) is 13.5. The van der Waals surface area contributed by atoms with Crippen LogP contribution in [0.4, 0.5) is 0 Å². The highest BCUT2D eigenvalue weighted by molar-refractivity contribution is 5.72. The number of carbonyl (C=O) groups is 1. The van der Waals surface area contributed by atoms with Crippen LogP contribution < -0.4 is 10.1 Å². The summed E-state index contributed by atoms with van der Waals surface area (Å²) in [4.78, 5) is 13.3. The topological polar surface area (TPSA) is 50.8 Å². The third-order valence-corrected chi connectivity index (χ3v) is 3.97. The SMILES string of the molecule is CC(=O)NCc1cccc(OCCN(C)C2CCOCC2)c1. The van der Waals surface area contributed by atoms with Gasteiger partial charge in [0.15, 0.2) is 0 Å². The first-order valence-corrected chi connectivity index (χ1v) is 7.89. The molecule has 5 nitrogen and oxygen atoms in total. The number of nitrogens with zero attached hydrogens (tertiary/aromatic N) is 1. The number of nitrogens with one attached hydrogen (secondary N) is 1. The van der Waals surface area contributed by atoms with Crippen LogP contribution in [-0.2, 0) is 16.1 Å². The van der Waals surface area contributed by atoms with Crippen molar-refractivity contribution in [2.75, 3.05) is 33.4 Å². The molecule has 122 valence electrons. The minimum atomic E-state index is -0.0237. The van der Waals surface area contributed by atoms with Crippen LogP contribution >= 0.6 is 0 Å². The lowest BCUT2D eigenvalue weighted by Crippen LogP contribution is -2.38. The van der Waals surface area contributed by atoms with Crippen molar-refractivity contribution in [3.05, 3.63) is 29.8 Å². The second kappa shape index (κ2) is 8.76. The summed E-state index contributed by atoms with van der Waals surface area (Å²) in [5.41, 5.74) is 1.05. The molecule has 0 aliphatic carbocycles. The maximum Gasteiger partial charge on any atom is 0.217 e. The van der Waals surface area contributed by atoms with Crippen LogP contribution in [0.2, 0.25) is 0 Å². The van der Waals surface area contributed by atoms with Crippen molar-refractivity contribution < 1.29 is 14.3 Å². The van der Waals surface area contributed by atoms with Gasteiger partial charge in [-0.1, -0.05) is 12.1 Å². The fourth-order valence-corrected chi connectivity index (χ4v) is 2.59. The molecule has 0 saturated carbocycles. The third-order valence-electron chi connectivity index (χ3n) is 3.97. The Morgan fingerprint density at radius 3 is 2.91 bits per heavy atom. The van der Waals surface area contributed by atoms with Crippen molar-refractivity contribution in [2.24, 2.45) is 0 Å². The van der Waals surface area contributed by atoms with E-state index in [0.717, 1.165) is 43.9 Å². The first-order valence-electron chi connectivity index (χ1n) is 7.89. The van der Waals surface area contributed by atoms with Crippen molar-refractivity contribution in [2.45, 2.75) is 32.4 Å². The number of hydrogen-bond acceptors (Lipinski definition) is 4. The van der Waals surface area contributed by atoms with E-state index in [1.54, 1.807) is 0 Å². The van der Waals surface area contributed by atoms with E-state index < -0.39 is 0 Å². The van der Waals surface area contributed by atoms with Gasteiger partial charge in [-0.15, -0.1) is 0 Å². The number of ether oxygens (including phenoxy) is 2. The molecule has 1 saturated heterocycles. The molecular formula is C17H26N2O3. The van der Waals surface area contributed by atoms with E-state index in [0.29, 0.717) is 19.2 Å². The molecule has 1 N–H and O–H groups in total. The first kappa shape index (κ1) is 16.8. The van der Waals surface area contributed by atoms with Crippen LogP contribution in [0.15, 0.2) is 24.3 Å². The van der Waals surface area contributed by atoms with E-state index in [1.165, 1.54) is 6.92 Å². The van der Waals surface area contributed by atoms with E-state index in [4.69, 9.17) is 9.47 Å². The Kier molecular flexibility index (Phi) is 6.68. The molecule has 1 aliphatic rings. The van der Waals surface area contributed by atoms with Gasteiger partial charge in [0.05, 0.1) is 0 Å². The molecule has 0 aromatic heterocycles. The fourth-order valence-electron chi connectivity index (χ4n) is 2.59. The van der Waals surface area contributed by atoms with E-state index in [1.807, 2.05) is 24.3 Å². The van der Waals surface area contributed by atoms with Crippen molar-refractivity contribution in [3.63, 3.8) is 0 Å². The highest BCUT2D eigenvalue weighted by Crippen LogP contribution is 2.15. The molecular weight excluding hydrogens is 280 g/mol. The van der Waals surface area contributed by atoms with Crippen molar-refractivity contribution in [1.82, 2.24) is 10.2 Å². The number of likely N-dealkylation sites (N-methyl/N-ethyl adjacent to an activating group) is 1.